The summed E-state index contributed by atoms with van der Waals surface area (Å²) in [6.45, 7) is 4.36. The van der Waals surface area contributed by atoms with E-state index in [9.17, 15) is 0 Å². The molecule has 0 aliphatic carbocycles. The van der Waals surface area contributed by atoms with Crippen LogP contribution in [-0.4, -0.2) is 55.1 Å². The van der Waals surface area contributed by atoms with Gasteiger partial charge in [0.1, 0.15) is 5.65 Å². The first kappa shape index (κ1) is 15.0. The van der Waals surface area contributed by atoms with Crippen molar-refractivity contribution >= 4 is 22.4 Å². The van der Waals surface area contributed by atoms with Crippen LogP contribution in [0.1, 0.15) is 0 Å². The molecule has 3 aromatic rings. The molecule has 0 bridgehead atoms. The molecule has 0 atom stereocenters. The number of fused-ring (bicyclic) bond motifs is 1. The number of H-pyrrole nitrogens is 1. The van der Waals surface area contributed by atoms with Crippen molar-refractivity contribution in [2.75, 3.05) is 50.5 Å². The fourth-order valence-electron chi connectivity index (χ4n) is 3.34. The van der Waals surface area contributed by atoms with Gasteiger partial charge in [0.15, 0.2) is 0 Å². The Kier molecular flexibility index (Phi) is 3.86. The second-order valence-corrected chi connectivity index (χ2v) is 6.41. The zero-order chi connectivity index (χ0) is 16.5. The Hall–Kier alpha value is -2.53. The summed E-state index contributed by atoms with van der Waals surface area (Å²) in [7, 11) is 4.18. The lowest BCUT2D eigenvalue weighted by Gasteiger charge is -2.35. The quantitative estimate of drug-likeness (QED) is 0.778. The van der Waals surface area contributed by atoms with E-state index in [1.807, 2.05) is 19.4 Å². The molecule has 3 heterocycles. The lowest BCUT2D eigenvalue weighted by atomic mass is 10.0. The Morgan fingerprint density at radius 1 is 1.04 bits per heavy atom. The number of nitrogens with zero attached hydrogens (tertiary/aromatic N) is 3. The first-order valence-electron chi connectivity index (χ1n) is 8.43. The second-order valence-electron chi connectivity index (χ2n) is 6.41. The summed E-state index contributed by atoms with van der Waals surface area (Å²) in [4.78, 5) is 12.5. The average Bonchev–Trinajstić information content (AvgIpc) is 3.09. The average molecular weight is 321 g/mol. The summed E-state index contributed by atoms with van der Waals surface area (Å²) in [5.41, 5.74) is 5.72. The van der Waals surface area contributed by atoms with Crippen LogP contribution in [0.5, 0.6) is 0 Å². The van der Waals surface area contributed by atoms with Gasteiger partial charge in [0, 0.05) is 56.6 Å². The highest BCUT2D eigenvalue weighted by atomic mass is 15.3. The summed E-state index contributed by atoms with van der Waals surface area (Å²) in [6.07, 6.45) is 3.86. The summed E-state index contributed by atoms with van der Waals surface area (Å²) in [6, 6.07) is 10.9. The molecular weight excluding hydrogens is 298 g/mol. The van der Waals surface area contributed by atoms with Crippen LogP contribution in [0, 0.1) is 0 Å². The van der Waals surface area contributed by atoms with E-state index in [1.54, 1.807) is 0 Å². The summed E-state index contributed by atoms with van der Waals surface area (Å²) in [5.74, 6) is 0. The summed E-state index contributed by atoms with van der Waals surface area (Å²) < 4.78 is 0. The number of rotatable bonds is 3. The zero-order valence-corrected chi connectivity index (χ0v) is 14.2. The molecule has 4 rings (SSSR count). The number of aromatic amines is 1. The molecule has 1 aromatic carbocycles. The minimum atomic E-state index is 0.932. The van der Waals surface area contributed by atoms with Crippen LogP contribution in [0.2, 0.25) is 0 Å². The predicted molar refractivity (Wildman–Crippen MR) is 101 cm³/mol. The predicted octanol–water partition coefficient (Wildman–Crippen LogP) is 3.02. The summed E-state index contributed by atoms with van der Waals surface area (Å²) in [5, 5.41) is 4.50. The standard InChI is InChI=1S/C19H23N5/c1-20-17-12-14(16-11-15-5-6-21-19(15)22-13-16)3-4-18(17)24-9-7-23(2)8-10-24/h3-6,11-13,20H,7-10H2,1-2H3,(H,21,22). The highest BCUT2D eigenvalue weighted by Crippen LogP contribution is 2.32. The van der Waals surface area contributed by atoms with Crippen molar-refractivity contribution in [3.8, 4) is 11.1 Å². The van der Waals surface area contributed by atoms with Gasteiger partial charge in [-0.05, 0) is 36.9 Å². The van der Waals surface area contributed by atoms with Crippen LogP contribution in [-0.2, 0) is 0 Å². The zero-order valence-electron chi connectivity index (χ0n) is 14.2. The smallest absolute Gasteiger partial charge is 0.137 e. The molecule has 2 N–H and O–H groups in total. The van der Waals surface area contributed by atoms with E-state index >= 15 is 0 Å². The molecule has 0 unspecified atom stereocenters. The Morgan fingerprint density at radius 2 is 1.88 bits per heavy atom. The van der Waals surface area contributed by atoms with Crippen molar-refractivity contribution in [3.63, 3.8) is 0 Å². The first-order chi connectivity index (χ1) is 11.7. The number of benzene rings is 1. The lowest BCUT2D eigenvalue weighted by molar-refractivity contribution is 0.313. The van der Waals surface area contributed by atoms with Crippen LogP contribution < -0.4 is 10.2 Å². The number of hydrogen-bond acceptors (Lipinski definition) is 4. The molecule has 1 aliphatic rings. The van der Waals surface area contributed by atoms with Crippen LogP contribution in [0.15, 0.2) is 42.7 Å². The molecule has 0 saturated carbocycles. The van der Waals surface area contributed by atoms with Gasteiger partial charge < -0.3 is 20.1 Å². The summed E-state index contributed by atoms with van der Waals surface area (Å²) >= 11 is 0. The van der Waals surface area contributed by atoms with E-state index in [2.05, 4.69) is 62.5 Å². The van der Waals surface area contributed by atoms with Crippen molar-refractivity contribution < 1.29 is 0 Å². The van der Waals surface area contributed by atoms with Crippen molar-refractivity contribution in [1.82, 2.24) is 14.9 Å². The number of nitrogens with one attached hydrogen (secondary N) is 2. The molecule has 1 fully saturated rings. The van der Waals surface area contributed by atoms with Gasteiger partial charge in [0.25, 0.3) is 0 Å². The third kappa shape index (κ3) is 2.71. The van der Waals surface area contributed by atoms with Crippen LogP contribution in [0.25, 0.3) is 22.2 Å². The molecule has 5 heteroatoms. The van der Waals surface area contributed by atoms with Gasteiger partial charge in [-0.25, -0.2) is 4.98 Å². The maximum Gasteiger partial charge on any atom is 0.137 e. The normalized spacial score (nSPS) is 15.8. The number of piperazine rings is 1. The molecular formula is C19H23N5. The topological polar surface area (TPSA) is 47.2 Å². The number of anilines is 2. The lowest BCUT2D eigenvalue weighted by Crippen LogP contribution is -2.44. The Labute approximate surface area is 142 Å². The van der Waals surface area contributed by atoms with Crippen molar-refractivity contribution in [3.05, 3.63) is 42.7 Å². The third-order valence-corrected chi connectivity index (χ3v) is 4.84. The van der Waals surface area contributed by atoms with Crippen LogP contribution in [0.4, 0.5) is 11.4 Å². The van der Waals surface area contributed by atoms with E-state index in [0.29, 0.717) is 0 Å². The molecule has 2 aromatic heterocycles. The molecule has 24 heavy (non-hydrogen) atoms. The molecule has 1 aliphatic heterocycles. The Morgan fingerprint density at radius 3 is 2.67 bits per heavy atom. The largest absolute Gasteiger partial charge is 0.386 e. The van der Waals surface area contributed by atoms with Crippen LogP contribution >= 0.6 is 0 Å². The van der Waals surface area contributed by atoms with E-state index in [-0.39, 0.29) is 0 Å². The monoisotopic (exact) mass is 321 g/mol. The molecule has 1 saturated heterocycles. The Balaban J connectivity index is 1.67. The van der Waals surface area contributed by atoms with Crippen molar-refractivity contribution in [2.24, 2.45) is 0 Å². The number of likely N-dealkylation sites (N-methyl/N-ethyl adjacent to an activating group) is 1. The number of pyridine rings is 1. The minimum absolute atomic E-state index is 0.932. The molecule has 124 valence electrons. The van der Waals surface area contributed by atoms with Gasteiger partial charge in [0.2, 0.25) is 0 Å². The van der Waals surface area contributed by atoms with Gasteiger partial charge in [0.05, 0.1) is 11.4 Å². The Bertz CT molecular complexity index is 846. The van der Waals surface area contributed by atoms with Gasteiger partial charge in [-0.3, -0.25) is 0 Å². The minimum Gasteiger partial charge on any atom is -0.386 e. The van der Waals surface area contributed by atoms with E-state index in [1.165, 1.54) is 16.9 Å². The molecule has 0 radical (unpaired) electrons. The van der Waals surface area contributed by atoms with Crippen LogP contribution in [0.3, 0.4) is 0 Å². The van der Waals surface area contributed by atoms with Gasteiger partial charge in [-0.2, -0.15) is 0 Å². The maximum absolute atomic E-state index is 4.50. The van der Waals surface area contributed by atoms with E-state index in [0.717, 1.165) is 42.8 Å². The third-order valence-electron chi connectivity index (χ3n) is 4.84. The first-order valence-corrected chi connectivity index (χ1v) is 8.43. The molecule has 0 spiro atoms. The number of aromatic nitrogens is 2. The van der Waals surface area contributed by atoms with Gasteiger partial charge in [-0.1, -0.05) is 6.07 Å². The van der Waals surface area contributed by atoms with Gasteiger partial charge in [-0.15, -0.1) is 0 Å². The molecule has 0 amide bonds. The van der Waals surface area contributed by atoms with Gasteiger partial charge >= 0.3 is 0 Å². The number of hydrogen-bond donors (Lipinski definition) is 2. The van der Waals surface area contributed by atoms with E-state index < -0.39 is 0 Å². The molecule has 5 nitrogen and oxygen atoms in total. The van der Waals surface area contributed by atoms with Crippen molar-refractivity contribution in [1.29, 1.82) is 0 Å². The fraction of sp³-hybridized carbons (Fsp3) is 0.316. The van der Waals surface area contributed by atoms with Crippen molar-refractivity contribution in [2.45, 2.75) is 0 Å². The highest BCUT2D eigenvalue weighted by molar-refractivity contribution is 5.84. The van der Waals surface area contributed by atoms with E-state index in [4.69, 9.17) is 0 Å². The maximum atomic E-state index is 4.50. The second kappa shape index (κ2) is 6.17. The fourth-order valence-corrected chi connectivity index (χ4v) is 3.34. The highest BCUT2D eigenvalue weighted by Gasteiger charge is 2.17. The SMILES string of the molecule is CNc1cc(-c2cnc3[nH]ccc3c2)ccc1N1CCN(C)CC1.